The smallest absolute Gasteiger partial charge is 0.279 e. The maximum Gasteiger partial charge on any atom is 0.279 e. The number of anilines is 1. The van der Waals surface area contributed by atoms with Crippen molar-refractivity contribution >= 4 is 22.5 Å². The summed E-state index contributed by atoms with van der Waals surface area (Å²) < 4.78 is 5.79. The molecule has 35 heavy (non-hydrogen) atoms. The highest BCUT2D eigenvalue weighted by molar-refractivity contribution is 5.91. The van der Waals surface area contributed by atoms with Crippen molar-refractivity contribution in [3.8, 4) is 5.75 Å². The SMILES string of the molecule is C=CC1C[N@+]2(CC(=O)Nc3ccc(OC)cc3)CCC1CC2C(O)c1ccnc2ccccc12.[Br-]. The Balaban J connectivity index is 0.00000289. The highest BCUT2D eigenvalue weighted by atomic mass is 79.9. The van der Waals surface area contributed by atoms with Gasteiger partial charge in [0.1, 0.15) is 17.9 Å². The topological polar surface area (TPSA) is 71.5 Å². The van der Waals surface area contributed by atoms with Crippen LogP contribution in [0.5, 0.6) is 5.75 Å². The highest BCUT2D eigenvalue weighted by Gasteiger charge is 2.54. The molecule has 3 fully saturated rings. The van der Waals surface area contributed by atoms with Gasteiger partial charge in [-0.1, -0.05) is 24.3 Å². The number of carbonyl (C=O) groups is 1. The number of para-hydroxylation sites is 1. The van der Waals surface area contributed by atoms with Crippen molar-refractivity contribution in [1.82, 2.24) is 4.98 Å². The van der Waals surface area contributed by atoms with E-state index in [0.717, 1.165) is 53.8 Å². The van der Waals surface area contributed by atoms with Crippen molar-refractivity contribution in [3.05, 3.63) is 79.0 Å². The molecule has 1 amide bonds. The molecule has 184 valence electrons. The van der Waals surface area contributed by atoms with Gasteiger partial charge in [-0.25, -0.2) is 0 Å². The van der Waals surface area contributed by atoms with Crippen LogP contribution in [0.2, 0.25) is 0 Å². The number of aromatic nitrogens is 1. The number of hydrogen-bond acceptors (Lipinski definition) is 4. The number of ether oxygens (including phenoxy) is 1. The van der Waals surface area contributed by atoms with Crippen LogP contribution in [0.3, 0.4) is 0 Å². The Bertz CT molecular complexity index is 1200. The number of piperidine rings is 3. The van der Waals surface area contributed by atoms with Crippen molar-refractivity contribution in [3.63, 3.8) is 0 Å². The number of benzene rings is 2. The molecule has 1 aromatic heterocycles. The average Bonchev–Trinajstić information content (AvgIpc) is 2.88. The second-order valence-corrected chi connectivity index (χ2v) is 9.67. The molecule has 0 radical (unpaired) electrons. The number of amides is 1. The fourth-order valence-electron chi connectivity index (χ4n) is 6.13. The number of pyridine rings is 1. The first-order valence-corrected chi connectivity index (χ1v) is 12.0. The highest BCUT2D eigenvalue weighted by Crippen LogP contribution is 2.47. The van der Waals surface area contributed by atoms with E-state index >= 15 is 0 Å². The molecule has 0 aliphatic carbocycles. The minimum atomic E-state index is -0.671. The molecule has 3 aliphatic rings. The summed E-state index contributed by atoms with van der Waals surface area (Å²) in [5, 5.41) is 15.8. The zero-order chi connectivity index (χ0) is 23.7. The van der Waals surface area contributed by atoms with E-state index in [1.165, 1.54) is 0 Å². The van der Waals surface area contributed by atoms with E-state index in [4.69, 9.17) is 4.74 Å². The molecule has 4 unspecified atom stereocenters. The molecule has 3 aliphatic heterocycles. The van der Waals surface area contributed by atoms with Crippen LogP contribution in [-0.4, -0.2) is 53.3 Å². The predicted octanol–water partition coefficient (Wildman–Crippen LogP) is 1.33. The standard InChI is InChI=1S/C28H31N3O3.BrH/c1-3-19-17-31(18-27(32)30-21-8-10-22(34-2)11-9-21)15-13-20(19)16-26(31)28(33)24-12-14-29-25-7-5-4-6-23(24)25;/h3-12,14,19-20,26,28,33H,1,13,15-18H2,2H3;1H/t19?,20?,26?,28?,31-;/m0./s1. The zero-order valence-corrected chi connectivity index (χ0v) is 21.5. The molecule has 0 saturated carbocycles. The third kappa shape index (κ3) is 4.85. The molecule has 6 rings (SSSR count). The summed E-state index contributed by atoms with van der Waals surface area (Å²) in [5.41, 5.74) is 2.52. The van der Waals surface area contributed by atoms with Crippen molar-refractivity contribution in [2.75, 3.05) is 32.1 Å². The Morgan fingerprint density at radius 2 is 2.03 bits per heavy atom. The third-order valence-corrected chi connectivity index (χ3v) is 7.87. The summed E-state index contributed by atoms with van der Waals surface area (Å²) in [6, 6.07) is 17.2. The third-order valence-electron chi connectivity index (χ3n) is 7.87. The lowest BCUT2D eigenvalue weighted by molar-refractivity contribution is -0.966. The van der Waals surface area contributed by atoms with Gasteiger partial charge < -0.3 is 36.6 Å². The number of carbonyl (C=O) groups excluding carboxylic acids is 1. The van der Waals surface area contributed by atoms with Gasteiger partial charge in [0.25, 0.3) is 5.91 Å². The largest absolute Gasteiger partial charge is 1.00 e. The van der Waals surface area contributed by atoms with Crippen LogP contribution in [0.4, 0.5) is 5.69 Å². The van der Waals surface area contributed by atoms with Crippen LogP contribution in [0.1, 0.15) is 24.5 Å². The number of halogens is 1. The summed E-state index contributed by atoms with van der Waals surface area (Å²) >= 11 is 0. The number of methoxy groups -OCH3 is 1. The molecule has 4 heterocycles. The van der Waals surface area contributed by atoms with Gasteiger partial charge in [-0.05, 0) is 47.9 Å². The summed E-state index contributed by atoms with van der Waals surface area (Å²) in [6.07, 6.45) is 5.07. The van der Waals surface area contributed by atoms with E-state index in [-0.39, 0.29) is 28.9 Å². The molecule has 5 atom stereocenters. The Morgan fingerprint density at radius 3 is 2.77 bits per heavy atom. The maximum absolute atomic E-state index is 13.3. The van der Waals surface area contributed by atoms with Crippen LogP contribution >= 0.6 is 0 Å². The lowest BCUT2D eigenvalue weighted by Crippen LogP contribution is -3.00. The van der Waals surface area contributed by atoms with Gasteiger partial charge in [0, 0.05) is 36.0 Å². The Morgan fingerprint density at radius 1 is 1.26 bits per heavy atom. The number of nitrogens with one attached hydrogen (secondary N) is 1. The van der Waals surface area contributed by atoms with E-state index in [9.17, 15) is 9.90 Å². The Kier molecular flexibility index (Phi) is 7.59. The number of quaternary nitrogens is 1. The van der Waals surface area contributed by atoms with Crippen LogP contribution in [0.15, 0.2) is 73.4 Å². The van der Waals surface area contributed by atoms with E-state index in [0.29, 0.717) is 22.9 Å². The molecule has 0 spiro atoms. The first kappa shape index (κ1) is 25.4. The number of nitrogens with zero attached hydrogens (tertiary/aromatic N) is 2. The normalized spacial score (nSPS) is 25.9. The quantitative estimate of drug-likeness (QED) is 0.352. The van der Waals surface area contributed by atoms with Crippen molar-refractivity contribution in [2.45, 2.75) is 25.0 Å². The lowest BCUT2D eigenvalue weighted by Gasteiger charge is -2.57. The first-order chi connectivity index (χ1) is 16.5. The van der Waals surface area contributed by atoms with E-state index in [2.05, 4.69) is 16.9 Å². The second-order valence-electron chi connectivity index (χ2n) is 9.67. The molecule has 3 aromatic rings. The van der Waals surface area contributed by atoms with Gasteiger partial charge in [0.15, 0.2) is 6.54 Å². The van der Waals surface area contributed by atoms with Crippen molar-refractivity contribution in [2.24, 2.45) is 11.8 Å². The minimum Gasteiger partial charge on any atom is -1.00 e. The van der Waals surface area contributed by atoms with Gasteiger partial charge in [-0.3, -0.25) is 9.78 Å². The van der Waals surface area contributed by atoms with E-state index < -0.39 is 6.10 Å². The monoisotopic (exact) mass is 537 g/mol. The molecular formula is C28H32BrN3O3. The molecule has 2 bridgehead atoms. The fraction of sp³-hybridized carbons (Fsp3) is 0.357. The van der Waals surface area contributed by atoms with Crippen molar-refractivity contribution < 1.29 is 36.1 Å². The molecule has 6 nitrogen and oxygen atoms in total. The zero-order valence-electron chi connectivity index (χ0n) is 19.9. The fourth-order valence-corrected chi connectivity index (χ4v) is 6.13. The average molecular weight is 538 g/mol. The van der Waals surface area contributed by atoms with E-state index in [1.54, 1.807) is 13.3 Å². The Hall–Kier alpha value is -2.74. The van der Waals surface area contributed by atoms with Gasteiger partial charge in [-0.2, -0.15) is 0 Å². The maximum atomic E-state index is 13.3. The molecule has 2 N–H and O–H groups in total. The van der Waals surface area contributed by atoms with Gasteiger partial charge in [0.2, 0.25) is 0 Å². The van der Waals surface area contributed by atoms with Gasteiger partial charge in [-0.15, -0.1) is 6.58 Å². The summed E-state index contributed by atoms with van der Waals surface area (Å²) in [6.45, 7) is 6.11. The molecular weight excluding hydrogens is 506 g/mol. The number of aliphatic hydroxyl groups excluding tert-OH is 1. The van der Waals surface area contributed by atoms with Crippen LogP contribution < -0.4 is 27.0 Å². The minimum absolute atomic E-state index is 0. The van der Waals surface area contributed by atoms with E-state index in [1.807, 2.05) is 60.7 Å². The molecule has 3 saturated heterocycles. The number of rotatable bonds is 7. The molecule has 7 heteroatoms. The number of aliphatic hydroxyl groups is 1. The van der Waals surface area contributed by atoms with Gasteiger partial charge in [0.05, 0.1) is 25.7 Å². The van der Waals surface area contributed by atoms with Gasteiger partial charge >= 0.3 is 0 Å². The number of fused-ring (bicyclic) bond motifs is 4. The summed E-state index contributed by atoms with van der Waals surface area (Å²) in [4.78, 5) is 17.7. The Labute approximate surface area is 217 Å². The predicted molar refractivity (Wildman–Crippen MR) is 133 cm³/mol. The van der Waals surface area contributed by atoms with Crippen LogP contribution in [-0.2, 0) is 4.79 Å². The van der Waals surface area contributed by atoms with Crippen LogP contribution in [0, 0.1) is 11.8 Å². The van der Waals surface area contributed by atoms with Crippen LogP contribution in [0.25, 0.3) is 10.9 Å². The lowest BCUT2D eigenvalue weighted by atomic mass is 9.71. The molecule has 2 aromatic carbocycles. The summed E-state index contributed by atoms with van der Waals surface area (Å²) in [5.74, 6) is 1.57. The summed E-state index contributed by atoms with van der Waals surface area (Å²) in [7, 11) is 1.62. The van der Waals surface area contributed by atoms with Crippen molar-refractivity contribution in [1.29, 1.82) is 0 Å². The number of hydrogen-bond donors (Lipinski definition) is 2. The second kappa shape index (κ2) is 10.5. The first-order valence-electron chi connectivity index (χ1n) is 12.0.